The first-order chi connectivity index (χ1) is 5.42. The van der Waals surface area contributed by atoms with Gasteiger partial charge in [-0.25, -0.2) is 0 Å². The van der Waals surface area contributed by atoms with Gasteiger partial charge >= 0.3 is 0 Å². The van der Waals surface area contributed by atoms with Gasteiger partial charge in [-0.15, -0.1) is 0 Å². The highest BCUT2D eigenvalue weighted by atomic mass is 16.1. The Morgan fingerprint density at radius 2 is 1.67 bits per heavy atom. The van der Waals surface area contributed by atoms with Gasteiger partial charge in [0.1, 0.15) is 0 Å². The Kier molecular flexibility index (Phi) is 8.27. The van der Waals surface area contributed by atoms with E-state index < -0.39 is 0 Å². The second-order valence-corrected chi connectivity index (χ2v) is 3.34. The van der Waals surface area contributed by atoms with Gasteiger partial charge in [-0.05, 0) is 20.8 Å². The summed E-state index contributed by atoms with van der Waals surface area (Å²) in [5.74, 6) is -0.00301. The SMILES string of the molecule is CC.CC(=O)NCNC(C)(C)C. The lowest BCUT2D eigenvalue weighted by Gasteiger charge is -2.20. The van der Waals surface area contributed by atoms with E-state index in [1.807, 2.05) is 13.8 Å². The fraction of sp³-hybridized carbons (Fsp3) is 0.889. The predicted molar refractivity (Wildman–Crippen MR) is 52.9 cm³/mol. The molecule has 0 rings (SSSR count). The van der Waals surface area contributed by atoms with Gasteiger partial charge in [-0.1, -0.05) is 13.8 Å². The first-order valence-corrected chi connectivity index (χ1v) is 4.41. The molecule has 0 aliphatic heterocycles. The Morgan fingerprint density at radius 3 is 1.92 bits per heavy atom. The molecular formula is C9H22N2O. The number of hydrogen-bond acceptors (Lipinski definition) is 2. The van der Waals surface area contributed by atoms with E-state index in [4.69, 9.17) is 0 Å². The molecule has 0 spiro atoms. The van der Waals surface area contributed by atoms with Crippen molar-refractivity contribution in [2.24, 2.45) is 0 Å². The average Bonchev–Trinajstić information content (AvgIpc) is 1.88. The highest BCUT2D eigenvalue weighted by molar-refractivity contribution is 5.72. The van der Waals surface area contributed by atoms with Crippen LogP contribution in [-0.2, 0) is 4.79 Å². The standard InChI is InChI=1S/C7H16N2O.C2H6/c1-6(10)8-5-9-7(2,3)4;1-2/h9H,5H2,1-4H3,(H,8,10);1-2H3. The Balaban J connectivity index is 0. The van der Waals surface area contributed by atoms with Crippen molar-refractivity contribution < 1.29 is 4.79 Å². The van der Waals surface area contributed by atoms with Crippen LogP contribution in [0.4, 0.5) is 0 Å². The Morgan fingerprint density at radius 1 is 1.25 bits per heavy atom. The summed E-state index contributed by atoms with van der Waals surface area (Å²) in [6.45, 7) is 12.2. The highest BCUT2D eigenvalue weighted by Gasteiger charge is 2.06. The molecule has 0 saturated heterocycles. The van der Waals surface area contributed by atoms with Crippen LogP contribution >= 0.6 is 0 Å². The monoisotopic (exact) mass is 174 g/mol. The minimum absolute atomic E-state index is 0.00301. The van der Waals surface area contributed by atoms with Crippen LogP contribution in [0.5, 0.6) is 0 Å². The summed E-state index contributed by atoms with van der Waals surface area (Å²) in [5.41, 5.74) is 0.0719. The molecule has 2 N–H and O–H groups in total. The van der Waals surface area contributed by atoms with Gasteiger partial charge in [-0.2, -0.15) is 0 Å². The van der Waals surface area contributed by atoms with Crippen molar-refractivity contribution in [3.8, 4) is 0 Å². The summed E-state index contributed by atoms with van der Waals surface area (Å²) in [6, 6.07) is 0. The molecule has 0 unspecified atom stereocenters. The molecular weight excluding hydrogens is 152 g/mol. The maximum absolute atomic E-state index is 10.4. The minimum Gasteiger partial charge on any atom is -0.344 e. The van der Waals surface area contributed by atoms with E-state index in [1.54, 1.807) is 0 Å². The summed E-state index contributed by atoms with van der Waals surface area (Å²) in [5, 5.41) is 5.77. The summed E-state index contributed by atoms with van der Waals surface area (Å²) in [7, 11) is 0. The highest BCUT2D eigenvalue weighted by Crippen LogP contribution is 1.95. The van der Waals surface area contributed by atoms with Gasteiger partial charge in [-0.3, -0.25) is 10.1 Å². The minimum atomic E-state index is -0.00301. The van der Waals surface area contributed by atoms with Crippen molar-refractivity contribution in [1.29, 1.82) is 0 Å². The van der Waals surface area contributed by atoms with Gasteiger partial charge < -0.3 is 5.32 Å². The maximum Gasteiger partial charge on any atom is 0.217 e. The fourth-order valence-electron chi connectivity index (χ4n) is 0.434. The van der Waals surface area contributed by atoms with E-state index in [2.05, 4.69) is 31.4 Å². The molecule has 3 nitrogen and oxygen atoms in total. The molecule has 0 aromatic rings. The van der Waals surface area contributed by atoms with Gasteiger partial charge in [0.25, 0.3) is 0 Å². The summed E-state index contributed by atoms with van der Waals surface area (Å²) in [4.78, 5) is 10.4. The maximum atomic E-state index is 10.4. The lowest BCUT2D eigenvalue weighted by molar-refractivity contribution is -0.119. The van der Waals surface area contributed by atoms with Crippen molar-refractivity contribution in [3.05, 3.63) is 0 Å². The van der Waals surface area contributed by atoms with E-state index in [1.165, 1.54) is 6.92 Å². The number of nitrogens with one attached hydrogen (secondary N) is 2. The van der Waals surface area contributed by atoms with Crippen molar-refractivity contribution in [3.63, 3.8) is 0 Å². The van der Waals surface area contributed by atoms with Crippen LogP contribution in [0.25, 0.3) is 0 Å². The third kappa shape index (κ3) is 16.2. The Hall–Kier alpha value is -0.570. The van der Waals surface area contributed by atoms with Gasteiger partial charge in [0, 0.05) is 12.5 Å². The van der Waals surface area contributed by atoms with Gasteiger partial charge in [0.2, 0.25) is 5.91 Å². The topological polar surface area (TPSA) is 41.1 Å². The molecule has 0 aromatic heterocycles. The van der Waals surface area contributed by atoms with Gasteiger partial charge in [0.05, 0.1) is 6.67 Å². The second kappa shape index (κ2) is 7.10. The van der Waals surface area contributed by atoms with E-state index >= 15 is 0 Å². The molecule has 0 aliphatic rings. The van der Waals surface area contributed by atoms with Crippen LogP contribution in [0.3, 0.4) is 0 Å². The van der Waals surface area contributed by atoms with E-state index in [9.17, 15) is 4.79 Å². The van der Waals surface area contributed by atoms with Gasteiger partial charge in [0.15, 0.2) is 0 Å². The first kappa shape index (κ1) is 14.0. The normalized spacial score (nSPS) is 9.83. The van der Waals surface area contributed by atoms with Crippen molar-refractivity contribution in [2.45, 2.75) is 47.1 Å². The third-order valence-corrected chi connectivity index (χ3v) is 0.956. The number of carbonyl (C=O) groups is 1. The molecule has 0 fully saturated rings. The van der Waals surface area contributed by atoms with Crippen LogP contribution < -0.4 is 10.6 Å². The Bertz CT molecular complexity index is 116. The third-order valence-electron chi connectivity index (χ3n) is 0.956. The molecule has 1 amide bonds. The lowest BCUT2D eigenvalue weighted by atomic mass is 10.1. The molecule has 0 heterocycles. The zero-order chi connectivity index (χ0) is 10.2. The number of hydrogen-bond donors (Lipinski definition) is 2. The van der Waals surface area contributed by atoms with Crippen LogP contribution in [-0.4, -0.2) is 18.1 Å². The van der Waals surface area contributed by atoms with Crippen LogP contribution in [0.1, 0.15) is 41.5 Å². The van der Waals surface area contributed by atoms with E-state index in [0.29, 0.717) is 6.67 Å². The average molecular weight is 174 g/mol. The summed E-state index contributed by atoms with van der Waals surface area (Å²) in [6.07, 6.45) is 0. The molecule has 3 heteroatoms. The van der Waals surface area contributed by atoms with Crippen molar-refractivity contribution in [2.75, 3.05) is 6.67 Å². The molecule has 0 aromatic carbocycles. The zero-order valence-electron chi connectivity index (χ0n) is 9.12. The first-order valence-electron chi connectivity index (χ1n) is 4.41. The molecule has 0 bridgehead atoms. The number of rotatable bonds is 2. The molecule has 12 heavy (non-hydrogen) atoms. The number of amides is 1. The molecule has 0 radical (unpaired) electrons. The van der Waals surface area contributed by atoms with Crippen LogP contribution in [0, 0.1) is 0 Å². The number of carbonyl (C=O) groups excluding carboxylic acids is 1. The van der Waals surface area contributed by atoms with E-state index in [-0.39, 0.29) is 11.4 Å². The molecule has 0 aliphatic carbocycles. The predicted octanol–water partition coefficient (Wildman–Crippen LogP) is 1.49. The van der Waals surface area contributed by atoms with Crippen molar-refractivity contribution >= 4 is 5.91 Å². The second-order valence-electron chi connectivity index (χ2n) is 3.34. The van der Waals surface area contributed by atoms with E-state index in [0.717, 1.165) is 0 Å². The lowest BCUT2D eigenvalue weighted by Crippen LogP contribution is -2.43. The van der Waals surface area contributed by atoms with Crippen LogP contribution in [0.2, 0.25) is 0 Å². The quantitative estimate of drug-likeness (QED) is 0.623. The largest absolute Gasteiger partial charge is 0.344 e. The molecule has 0 saturated carbocycles. The smallest absolute Gasteiger partial charge is 0.217 e. The molecule has 0 atom stereocenters. The van der Waals surface area contributed by atoms with Crippen LogP contribution in [0.15, 0.2) is 0 Å². The fourth-order valence-corrected chi connectivity index (χ4v) is 0.434. The summed E-state index contributed by atoms with van der Waals surface area (Å²) >= 11 is 0. The molecule has 74 valence electrons. The van der Waals surface area contributed by atoms with Crippen molar-refractivity contribution in [1.82, 2.24) is 10.6 Å². The Labute approximate surface area is 75.9 Å². The zero-order valence-corrected chi connectivity index (χ0v) is 9.12. The summed E-state index contributed by atoms with van der Waals surface area (Å²) < 4.78 is 0.